The van der Waals surface area contributed by atoms with Crippen LogP contribution in [0.2, 0.25) is 0 Å². The van der Waals surface area contributed by atoms with E-state index < -0.39 is 25.6 Å². The summed E-state index contributed by atoms with van der Waals surface area (Å²) in [5.41, 5.74) is 0. The lowest BCUT2D eigenvalue weighted by atomic mass is 10.3. The van der Waals surface area contributed by atoms with Gasteiger partial charge >= 0.3 is 13.6 Å². The fourth-order valence-electron chi connectivity index (χ4n) is 1.10. The zero-order valence-corrected chi connectivity index (χ0v) is 11.6. The summed E-state index contributed by atoms with van der Waals surface area (Å²) in [5, 5.41) is 0. The summed E-state index contributed by atoms with van der Waals surface area (Å²) in [6, 6.07) is 0. The molecular weight excluding hydrogens is 262 g/mol. The molecule has 5 nitrogen and oxygen atoms in total. The summed E-state index contributed by atoms with van der Waals surface area (Å²) < 4.78 is 39.9. The van der Waals surface area contributed by atoms with Crippen LogP contribution in [0.3, 0.4) is 0 Å². The van der Waals surface area contributed by atoms with E-state index >= 15 is 0 Å². The molecule has 104 valence electrons. The number of alkyl halides is 1. The maximum atomic E-state index is 13.1. The molecule has 0 aliphatic rings. The van der Waals surface area contributed by atoms with Gasteiger partial charge in [0.15, 0.2) is 5.85 Å². The SMILES string of the molecule is C#CCC(F)C(=O)OC(C)P(=O)(OCC)OCC. The molecule has 0 aromatic rings. The van der Waals surface area contributed by atoms with E-state index in [0.717, 1.165) is 0 Å². The van der Waals surface area contributed by atoms with Gasteiger partial charge in [-0.2, -0.15) is 0 Å². The molecule has 18 heavy (non-hydrogen) atoms. The first-order valence-electron chi connectivity index (χ1n) is 5.58. The molecule has 0 saturated heterocycles. The zero-order valence-electron chi connectivity index (χ0n) is 10.7. The lowest BCUT2D eigenvalue weighted by Crippen LogP contribution is -2.24. The van der Waals surface area contributed by atoms with Crippen LogP contribution >= 0.6 is 7.60 Å². The van der Waals surface area contributed by atoms with Crippen molar-refractivity contribution in [3.63, 3.8) is 0 Å². The van der Waals surface area contributed by atoms with E-state index in [1.165, 1.54) is 6.92 Å². The summed E-state index contributed by atoms with van der Waals surface area (Å²) >= 11 is 0. The molecule has 0 aliphatic heterocycles. The van der Waals surface area contributed by atoms with Crippen molar-refractivity contribution in [2.45, 2.75) is 39.2 Å². The summed E-state index contributed by atoms with van der Waals surface area (Å²) in [7, 11) is -3.58. The molecule has 0 N–H and O–H groups in total. The lowest BCUT2D eigenvalue weighted by molar-refractivity contribution is -0.151. The molecule has 2 unspecified atom stereocenters. The van der Waals surface area contributed by atoms with Gasteiger partial charge in [-0.3, -0.25) is 4.57 Å². The van der Waals surface area contributed by atoms with E-state index in [-0.39, 0.29) is 19.6 Å². The third kappa shape index (κ3) is 5.18. The highest BCUT2D eigenvalue weighted by Crippen LogP contribution is 2.53. The van der Waals surface area contributed by atoms with Crippen molar-refractivity contribution in [3.05, 3.63) is 0 Å². The molecular formula is C11H18FO5P. The number of carbonyl (C=O) groups is 1. The van der Waals surface area contributed by atoms with E-state index in [2.05, 4.69) is 0 Å². The smallest absolute Gasteiger partial charge is 0.370 e. The Kier molecular flexibility index (Phi) is 7.85. The van der Waals surface area contributed by atoms with Crippen molar-refractivity contribution in [3.8, 4) is 12.3 Å². The van der Waals surface area contributed by atoms with Crippen molar-refractivity contribution in [2.24, 2.45) is 0 Å². The monoisotopic (exact) mass is 280 g/mol. The highest BCUT2D eigenvalue weighted by Gasteiger charge is 2.36. The predicted molar refractivity (Wildman–Crippen MR) is 64.8 cm³/mol. The molecule has 0 saturated carbocycles. The van der Waals surface area contributed by atoms with Gasteiger partial charge in [0.25, 0.3) is 0 Å². The van der Waals surface area contributed by atoms with Gasteiger partial charge in [-0.05, 0) is 20.8 Å². The molecule has 0 aliphatic carbocycles. The van der Waals surface area contributed by atoms with Crippen LogP contribution in [0.1, 0.15) is 27.2 Å². The largest absolute Gasteiger partial charge is 0.447 e. The summed E-state index contributed by atoms with van der Waals surface area (Å²) in [6.07, 6.45) is 2.55. The summed E-state index contributed by atoms with van der Waals surface area (Å²) in [4.78, 5) is 11.3. The van der Waals surface area contributed by atoms with E-state index in [1.807, 2.05) is 5.92 Å². The van der Waals surface area contributed by atoms with Gasteiger partial charge in [0.1, 0.15) is 0 Å². The Morgan fingerprint density at radius 1 is 1.39 bits per heavy atom. The number of hydrogen-bond acceptors (Lipinski definition) is 5. The minimum Gasteiger partial charge on any atom is -0.447 e. The molecule has 0 aromatic heterocycles. The number of ether oxygens (including phenoxy) is 1. The van der Waals surface area contributed by atoms with Crippen LogP contribution in [-0.2, 0) is 23.1 Å². The minimum atomic E-state index is -3.58. The fraction of sp³-hybridized carbons (Fsp3) is 0.727. The van der Waals surface area contributed by atoms with Gasteiger partial charge < -0.3 is 13.8 Å². The van der Waals surface area contributed by atoms with Crippen LogP contribution < -0.4 is 0 Å². The average Bonchev–Trinajstić information content (AvgIpc) is 2.29. The maximum absolute atomic E-state index is 13.1. The quantitative estimate of drug-likeness (QED) is 0.388. The van der Waals surface area contributed by atoms with Crippen molar-refractivity contribution in [1.82, 2.24) is 0 Å². The predicted octanol–water partition coefficient (Wildman–Crippen LogP) is 2.50. The molecule has 0 aromatic carbocycles. The zero-order chi connectivity index (χ0) is 14.2. The Balaban J connectivity index is 4.61. The highest BCUT2D eigenvalue weighted by atomic mass is 31.2. The number of hydrogen-bond donors (Lipinski definition) is 0. The highest BCUT2D eigenvalue weighted by molar-refractivity contribution is 7.54. The van der Waals surface area contributed by atoms with Crippen LogP contribution in [0.15, 0.2) is 0 Å². The van der Waals surface area contributed by atoms with Crippen molar-refractivity contribution in [2.75, 3.05) is 13.2 Å². The van der Waals surface area contributed by atoms with Gasteiger partial charge in [-0.25, -0.2) is 9.18 Å². The summed E-state index contributed by atoms with van der Waals surface area (Å²) in [5.74, 6) is -0.343. The fourth-order valence-corrected chi connectivity index (χ4v) is 2.55. The van der Waals surface area contributed by atoms with E-state index in [9.17, 15) is 13.8 Å². The molecule has 2 atom stereocenters. The van der Waals surface area contributed by atoms with Gasteiger partial charge in [0.2, 0.25) is 6.17 Å². The molecule has 0 amide bonds. The molecule has 0 radical (unpaired) electrons. The summed E-state index contributed by atoms with van der Waals surface area (Å²) in [6.45, 7) is 4.82. The second-order valence-corrected chi connectivity index (χ2v) is 5.61. The normalized spacial score (nSPS) is 14.6. The number of rotatable bonds is 8. The topological polar surface area (TPSA) is 61.8 Å². The van der Waals surface area contributed by atoms with Crippen LogP contribution in [0.4, 0.5) is 4.39 Å². The van der Waals surface area contributed by atoms with Crippen LogP contribution in [0.25, 0.3) is 0 Å². The van der Waals surface area contributed by atoms with Gasteiger partial charge in [0.05, 0.1) is 19.6 Å². The third-order valence-electron chi connectivity index (χ3n) is 1.90. The number of halogens is 1. The van der Waals surface area contributed by atoms with Gasteiger partial charge in [-0.15, -0.1) is 12.3 Å². The molecule has 0 heterocycles. The van der Waals surface area contributed by atoms with Crippen LogP contribution in [-0.4, -0.2) is 31.2 Å². The number of esters is 1. The second kappa shape index (κ2) is 8.25. The Morgan fingerprint density at radius 3 is 2.28 bits per heavy atom. The maximum Gasteiger partial charge on any atom is 0.370 e. The van der Waals surface area contributed by atoms with Gasteiger partial charge in [0, 0.05) is 0 Å². The Bertz CT molecular complexity index is 342. The molecule has 0 rings (SSSR count). The Hall–Kier alpha value is -0.890. The molecule has 0 fully saturated rings. The minimum absolute atomic E-state index is 0.128. The van der Waals surface area contributed by atoms with Crippen molar-refractivity contribution >= 4 is 13.6 Å². The number of carbonyl (C=O) groups excluding carboxylic acids is 1. The van der Waals surface area contributed by atoms with E-state index in [1.54, 1.807) is 13.8 Å². The average molecular weight is 280 g/mol. The first kappa shape index (κ1) is 17.1. The Morgan fingerprint density at radius 2 is 1.89 bits per heavy atom. The van der Waals surface area contributed by atoms with Gasteiger partial charge in [-0.1, -0.05) is 0 Å². The Labute approximate surface area is 107 Å². The van der Waals surface area contributed by atoms with Crippen LogP contribution in [0, 0.1) is 12.3 Å². The first-order chi connectivity index (χ1) is 8.41. The van der Waals surface area contributed by atoms with Crippen LogP contribution in [0.5, 0.6) is 0 Å². The van der Waals surface area contributed by atoms with Crippen molar-refractivity contribution in [1.29, 1.82) is 0 Å². The lowest BCUT2D eigenvalue weighted by Gasteiger charge is -2.23. The second-order valence-electron chi connectivity index (χ2n) is 3.29. The molecule has 0 bridgehead atoms. The standard InChI is InChI=1S/C11H18FO5P/c1-5-8-10(12)11(13)17-9(4)18(14,15-6-2)16-7-3/h1,9-10H,6-8H2,2-4H3. The first-order valence-corrected chi connectivity index (χ1v) is 7.19. The number of terminal acetylenes is 1. The van der Waals surface area contributed by atoms with E-state index in [0.29, 0.717) is 0 Å². The van der Waals surface area contributed by atoms with E-state index in [4.69, 9.17) is 20.2 Å². The van der Waals surface area contributed by atoms with Crippen molar-refractivity contribution < 1.29 is 27.5 Å². The molecule has 7 heteroatoms. The third-order valence-corrected chi connectivity index (χ3v) is 4.14. The molecule has 0 spiro atoms.